The van der Waals surface area contributed by atoms with Gasteiger partial charge in [-0.25, -0.2) is 0 Å². The van der Waals surface area contributed by atoms with E-state index < -0.39 is 0 Å². The van der Waals surface area contributed by atoms with E-state index >= 15 is 0 Å². The number of allylic oxidation sites excluding steroid dienone is 4. The van der Waals surface area contributed by atoms with Gasteiger partial charge in [-0.15, -0.1) is 23.5 Å². The predicted octanol–water partition coefficient (Wildman–Crippen LogP) is 14.6. The van der Waals surface area contributed by atoms with Crippen LogP contribution in [0.25, 0.3) is 75.2 Å². The van der Waals surface area contributed by atoms with E-state index in [1.165, 1.54) is 32.1 Å². The summed E-state index contributed by atoms with van der Waals surface area (Å²) in [5.74, 6) is 0.570. The number of aromatic hydroxyl groups is 4. The zero-order chi connectivity index (χ0) is 41.4. The minimum atomic E-state index is -0.227. The van der Waals surface area contributed by atoms with Crippen molar-refractivity contribution in [3.05, 3.63) is 179 Å². The van der Waals surface area contributed by atoms with Crippen LogP contribution in [0.5, 0.6) is 23.0 Å². The average Bonchev–Trinajstić information content (AvgIpc) is 4.00. The highest BCUT2D eigenvalue weighted by atomic mass is 32.2. The average molecular weight is 829 g/mol. The van der Waals surface area contributed by atoms with E-state index in [0.29, 0.717) is 22.3 Å². The van der Waals surface area contributed by atoms with Crippen LogP contribution in [0, 0.1) is 0 Å². The molecule has 2 aliphatic carbocycles. The number of thioether (sulfide) groups is 2. The minimum Gasteiger partial charge on any atom is -0.507 e. The fourth-order valence-electron chi connectivity index (χ4n) is 10.7. The molecule has 0 bridgehead atoms. The number of phenols is 4. The molecule has 61 heavy (non-hydrogen) atoms. The van der Waals surface area contributed by atoms with Gasteiger partial charge in [0, 0.05) is 32.1 Å². The van der Waals surface area contributed by atoms with Crippen LogP contribution < -0.4 is 0 Å². The molecule has 4 N–H and O–H groups in total. The molecule has 1 saturated carbocycles. The summed E-state index contributed by atoms with van der Waals surface area (Å²) in [6.07, 6.45) is 8.22. The van der Waals surface area contributed by atoms with Crippen molar-refractivity contribution in [1.82, 2.24) is 0 Å². The predicted molar refractivity (Wildman–Crippen MR) is 256 cm³/mol. The largest absolute Gasteiger partial charge is 0.507 e. The molecular weight excluding hydrogens is 789 g/mol. The van der Waals surface area contributed by atoms with Gasteiger partial charge >= 0.3 is 0 Å². The number of hydrogen-bond donors (Lipinski definition) is 4. The molecule has 0 unspecified atom stereocenters. The maximum absolute atomic E-state index is 11.3. The lowest BCUT2D eigenvalue weighted by Crippen LogP contribution is -2.47. The molecule has 0 spiro atoms. The van der Waals surface area contributed by atoms with Crippen molar-refractivity contribution in [3.63, 3.8) is 0 Å². The smallest absolute Gasteiger partial charge is 0.124 e. The van der Waals surface area contributed by atoms with Crippen molar-refractivity contribution in [2.24, 2.45) is 0 Å². The molecule has 0 aromatic heterocycles. The molecule has 4 aliphatic rings. The van der Waals surface area contributed by atoms with Crippen LogP contribution in [0.2, 0.25) is 0 Å². The molecule has 0 amide bonds. The van der Waals surface area contributed by atoms with E-state index in [4.69, 9.17) is 0 Å². The summed E-state index contributed by atoms with van der Waals surface area (Å²) in [6, 6.07) is 43.7. The SMILES string of the molecule is C[C@@]12SC(c3ccc4c(-c5c(O)ccc6ccccc56)c(O)ccc4c3)=CC1=C1CCCC1=C1C=C(c3ccc4c(-c5c(O)ccc6ccccc56)c(O)ccc4c3)S[C@]12C. The minimum absolute atomic E-state index is 0.141. The Morgan fingerprint density at radius 1 is 0.410 bits per heavy atom. The number of rotatable bonds is 4. The van der Waals surface area contributed by atoms with Crippen LogP contribution in [0.3, 0.4) is 0 Å². The van der Waals surface area contributed by atoms with Gasteiger partial charge in [-0.05, 0) is 158 Å². The van der Waals surface area contributed by atoms with Gasteiger partial charge in [-0.2, -0.15) is 0 Å². The van der Waals surface area contributed by atoms with Crippen LogP contribution in [0.15, 0.2) is 168 Å². The lowest BCUT2D eigenvalue weighted by molar-refractivity contribution is 0.470. The highest BCUT2D eigenvalue weighted by molar-refractivity contribution is 8.14. The molecule has 2 atom stereocenters. The maximum atomic E-state index is 11.3. The number of benzene rings is 8. The summed E-state index contributed by atoms with van der Waals surface area (Å²) in [7, 11) is 0. The summed E-state index contributed by atoms with van der Waals surface area (Å²) in [4.78, 5) is 2.49. The first-order chi connectivity index (χ1) is 29.6. The van der Waals surface area contributed by atoms with Crippen LogP contribution in [0.4, 0.5) is 0 Å². The van der Waals surface area contributed by atoms with E-state index in [0.717, 1.165) is 73.5 Å². The fraction of sp³-hybridized carbons (Fsp3) is 0.127. The third-order valence-corrected chi connectivity index (χ3v) is 17.2. The maximum Gasteiger partial charge on any atom is 0.124 e. The van der Waals surface area contributed by atoms with Crippen LogP contribution in [0.1, 0.15) is 44.2 Å². The van der Waals surface area contributed by atoms with Gasteiger partial charge in [0.1, 0.15) is 23.0 Å². The van der Waals surface area contributed by atoms with Crippen molar-refractivity contribution in [3.8, 4) is 45.3 Å². The molecule has 0 saturated heterocycles. The molecule has 6 heteroatoms. The molecule has 12 rings (SSSR count). The zero-order valence-corrected chi connectivity index (χ0v) is 35.2. The van der Waals surface area contributed by atoms with Crippen molar-refractivity contribution >= 4 is 76.4 Å². The van der Waals surface area contributed by atoms with E-state index in [1.807, 2.05) is 96.3 Å². The standard InChI is InChI=1S/C55H40O4S2/c1-54-42(28-48(60-54)34-14-20-38-32(26-34)18-24-46(58)52(38)50-36-10-5-3-8-30(36)16-22-44(50)56)40-12-7-13-41(40)43-29-49(61-55(43,54)2)35-15-21-39-33(27-35)19-25-47(59)53(39)51-37-11-6-4-9-31(37)17-23-45(51)57/h3-6,8-11,14-29,56-59H,7,12-13H2,1-2H3/t54-,55-/m1/s1. The molecule has 8 aromatic rings. The highest BCUT2D eigenvalue weighted by Crippen LogP contribution is 2.70. The monoisotopic (exact) mass is 828 g/mol. The molecule has 296 valence electrons. The van der Waals surface area contributed by atoms with Gasteiger partial charge < -0.3 is 20.4 Å². The van der Waals surface area contributed by atoms with Gasteiger partial charge in [0.2, 0.25) is 0 Å². The summed E-state index contributed by atoms with van der Waals surface area (Å²) >= 11 is 3.94. The summed E-state index contributed by atoms with van der Waals surface area (Å²) in [5, 5.41) is 52.6. The number of phenolic OH excluding ortho intramolecular Hbond substituents is 4. The van der Waals surface area contributed by atoms with E-state index in [1.54, 1.807) is 24.3 Å². The Hall–Kier alpha value is -6.34. The van der Waals surface area contributed by atoms with Crippen molar-refractivity contribution in [2.75, 3.05) is 0 Å². The van der Waals surface area contributed by atoms with Crippen molar-refractivity contribution in [2.45, 2.75) is 42.6 Å². The topological polar surface area (TPSA) is 80.9 Å². The van der Waals surface area contributed by atoms with E-state index in [9.17, 15) is 20.4 Å². The van der Waals surface area contributed by atoms with Crippen molar-refractivity contribution in [1.29, 1.82) is 0 Å². The second-order valence-electron chi connectivity index (χ2n) is 17.1. The van der Waals surface area contributed by atoms with Crippen LogP contribution >= 0.6 is 23.5 Å². The summed E-state index contributed by atoms with van der Waals surface area (Å²) in [6.45, 7) is 4.88. The Kier molecular flexibility index (Phi) is 7.83. The molecule has 0 radical (unpaired) electrons. The third-order valence-electron chi connectivity index (χ3n) is 13.9. The second-order valence-corrected chi connectivity index (χ2v) is 20.0. The first-order valence-electron chi connectivity index (χ1n) is 20.8. The normalized spacial score (nSPS) is 20.8. The first-order valence-corrected chi connectivity index (χ1v) is 22.5. The van der Waals surface area contributed by atoms with E-state index in [-0.39, 0.29) is 32.5 Å². The number of hydrogen-bond acceptors (Lipinski definition) is 6. The number of fused-ring (bicyclic) bond motifs is 8. The molecule has 2 heterocycles. The van der Waals surface area contributed by atoms with Crippen molar-refractivity contribution < 1.29 is 20.4 Å². The molecule has 8 aromatic carbocycles. The Labute approximate surface area is 361 Å². The Morgan fingerprint density at radius 2 is 0.770 bits per heavy atom. The Balaban J connectivity index is 0.922. The molecule has 4 nitrogen and oxygen atoms in total. The third kappa shape index (κ3) is 5.16. The van der Waals surface area contributed by atoms with Crippen LogP contribution in [-0.4, -0.2) is 29.9 Å². The van der Waals surface area contributed by atoms with Gasteiger partial charge in [0.15, 0.2) is 0 Å². The highest BCUT2D eigenvalue weighted by Gasteiger charge is 2.59. The van der Waals surface area contributed by atoms with Gasteiger partial charge in [-0.1, -0.05) is 97.1 Å². The second kappa shape index (κ2) is 13.1. The Morgan fingerprint density at radius 3 is 1.18 bits per heavy atom. The molecule has 2 aliphatic heterocycles. The van der Waals surface area contributed by atoms with Crippen LogP contribution in [-0.2, 0) is 0 Å². The lowest BCUT2D eigenvalue weighted by Gasteiger charge is -2.47. The quantitative estimate of drug-likeness (QED) is 0.141. The first kappa shape index (κ1) is 36.5. The molecule has 1 fully saturated rings. The zero-order valence-electron chi connectivity index (χ0n) is 33.6. The molecular formula is C55H40O4S2. The van der Waals surface area contributed by atoms with Gasteiger partial charge in [0.25, 0.3) is 0 Å². The van der Waals surface area contributed by atoms with Gasteiger partial charge in [-0.3, -0.25) is 0 Å². The van der Waals surface area contributed by atoms with Gasteiger partial charge in [0.05, 0.1) is 9.49 Å². The summed E-state index contributed by atoms with van der Waals surface area (Å²) < 4.78 is -0.454. The lowest BCUT2D eigenvalue weighted by atomic mass is 9.72. The fourth-order valence-corrected chi connectivity index (χ4v) is 13.9. The summed E-state index contributed by atoms with van der Waals surface area (Å²) in [5.41, 5.74) is 10.7. The van der Waals surface area contributed by atoms with E-state index in [2.05, 4.69) is 62.4 Å². The Bertz CT molecular complexity index is 3200.